The molecule has 0 radical (unpaired) electrons. The van der Waals surface area contributed by atoms with Crippen LogP contribution in [0.25, 0.3) is 0 Å². The average molecular weight is 574 g/mol. The fourth-order valence-electron chi connectivity index (χ4n) is 3.02. The van der Waals surface area contributed by atoms with E-state index in [0.717, 1.165) is 16.0 Å². The van der Waals surface area contributed by atoms with Crippen LogP contribution in [0.5, 0.6) is 0 Å². The molecule has 3 rings (SSSR count). The summed E-state index contributed by atoms with van der Waals surface area (Å²) < 4.78 is 34.5. The predicted octanol–water partition coefficient (Wildman–Crippen LogP) is -2.92. The van der Waals surface area contributed by atoms with Gasteiger partial charge in [0.05, 0.1) is 19.1 Å². The first-order chi connectivity index (χ1) is 17.6. The number of hydrogen-bond donors (Lipinski definition) is 7. The van der Waals surface area contributed by atoms with Gasteiger partial charge in [0.2, 0.25) is 5.60 Å². The molecule has 0 spiro atoms. The molecule has 3 heterocycles. The molecule has 0 bridgehead atoms. The van der Waals surface area contributed by atoms with Gasteiger partial charge < -0.3 is 32.0 Å². The summed E-state index contributed by atoms with van der Waals surface area (Å²) in [4.78, 5) is 49.9. The van der Waals surface area contributed by atoms with Gasteiger partial charge in [0.25, 0.3) is 11.8 Å². The van der Waals surface area contributed by atoms with Crippen molar-refractivity contribution in [3.05, 3.63) is 23.2 Å². The molecular formula is C17H23N11O8S2. The number of hydrogen-bond acceptors (Lipinski definition) is 13. The minimum Gasteiger partial charge on any atom is -0.478 e. The van der Waals surface area contributed by atoms with Crippen LogP contribution in [0, 0.1) is 5.41 Å². The molecule has 0 saturated carbocycles. The average Bonchev–Trinajstić information content (AvgIpc) is 3.43. The Hall–Kier alpha value is -4.37. The lowest BCUT2D eigenvalue weighted by Crippen LogP contribution is -2.73. The number of oxime groups is 1. The third kappa shape index (κ3) is 6.30. The molecule has 2 amide bonds. The highest BCUT2D eigenvalue weighted by Gasteiger charge is 2.54. The Bertz CT molecular complexity index is 1400. The summed E-state index contributed by atoms with van der Waals surface area (Å²) in [5.41, 5.74) is 8.34. The molecule has 2 aromatic rings. The molecule has 1 saturated heterocycles. The van der Waals surface area contributed by atoms with Crippen LogP contribution in [0.2, 0.25) is 0 Å². The van der Waals surface area contributed by atoms with Crippen LogP contribution in [0.4, 0.5) is 5.13 Å². The molecular weight excluding hydrogens is 550 g/mol. The van der Waals surface area contributed by atoms with Gasteiger partial charge in [-0.25, -0.2) is 19.1 Å². The number of nitrogen functional groups attached to an aromatic ring is 1. The van der Waals surface area contributed by atoms with Gasteiger partial charge in [-0.15, -0.1) is 11.3 Å². The number of guanidine groups is 1. The normalized spacial score (nSPS) is 18.0. The van der Waals surface area contributed by atoms with Crippen molar-refractivity contribution in [2.45, 2.75) is 44.6 Å². The summed E-state index contributed by atoms with van der Waals surface area (Å²) in [6, 6.07) is -2.82. The minimum atomic E-state index is -5.01. The van der Waals surface area contributed by atoms with Crippen molar-refractivity contribution in [3.8, 4) is 0 Å². The van der Waals surface area contributed by atoms with Crippen molar-refractivity contribution >= 4 is 56.2 Å². The van der Waals surface area contributed by atoms with E-state index >= 15 is 0 Å². The van der Waals surface area contributed by atoms with Crippen molar-refractivity contribution < 1.29 is 37.3 Å². The number of rotatable bonds is 11. The molecule has 206 valence electrons. The van der Waals surface area contributed by atoms with Crippen molar-refractivity contribution in [3.63, 3.8) is 0 Å². The number of amides is 2. The van der Waals surface area contributed by atoms with E-state index in [0.29, 0.717) is 0 Å². The van der Waals surface area contributed by atoms with Gasteiger partial charge in [-0.2, -0.15) is 13.5 Å². The number of carbonyl (C=O) groups excluding carboxylic acids is 2. The number of anilines is 1. The lowest BCUT2D eigenvalue weighted by atomic mass is 9.98. The third-order valence-electron chi connectivity index (χ3n) is 4.96. The Kier molecular flexibility index (Phi) is 7.83. The summed E-state index contributed by atoms with van der Waals surface area (Å²) in [6.07, 6.45) is 1.20. The lowest BCUT2D eigenvalue weighted by molar-refractivity contribution is -0.161. The van der Waals surface area contributed by atoms with E-state index in [2.05, 4.69) is 30.9 Å². The summed E-state index contributed by atoms with van der Waals surface area (Å²) in [5.74, 6) is -3.77. The first-order valence-electron chi connectivity index (χ1n) is 10.4. The smallest absolute Gasteiger partial charge is 0.362 e. The monoisotopic (exact) mass is 573 g/mol. The van der Waals surface area contributed by atoms with Gasteiger partial charge in [-0.3, -0.25) is 24.2 Å². The Labute approximate surface area is 218 Å². The first-order valence-corrected chi connectivity index (χ1v) is 12.7. The van der Waals surface area contributed by atoms with Crippen molar-refractivity contribution in [1.82, 2.24) is 34.7 Å². The zero-order valence-electron chi connectivity index (χ0n) is 19.7. The van der Waals surface area contributed by atoms with E-state index in [9.17, 15) is 32.5 Å². The lowest BCUT2D eigenvalue weighted by Gasteiger charge is -2.43. The Balaban J connectivity index is 1.85. The Morgan fingerprint density at radius 1 is 1.39 bits per heavy atom. The number of nitrogens with two attached hydrogens (primary N) is 2. The molecule has 1 aliphatic rings. The highest BCUT2D eigenvalue weighted by Crippen LogP contribution is 2.25. The number of aromatic nitrogens is 4. The quantitative estimate of drug-likeness (QED) is 0.0466. The zero-order valence-corrected chi connectivity index (χ0v) is 21.4. The van der Waals surface area contributed by atoms with Crippen molar-refractivity contribution in [2.24, 2.45) is 10.9 Å². The molecule has 21 heteroatoms. The van der Waals surface area contributed by atoms with Gasteiger partial charge in [0, 0.05) is 5.38 Å². The van der Waals surface area contributed by atoms with Crippen LogP contribution in [0.1, 0.15) is 25.4 Å². The maximum Gasteiger partial charge on any atom is 0.362 e. The van der Waals surface area contributed by atoms with E-state index in [1.807, 2.05) is 0 Å². The molecule has 9 N–H and O–H groups in total. The van der Waals surface area contributed by atoms with Crippen LogP contribution in [0.3, 0.4) is 0 Å². The van der Waals surface area contributed by atoms with Gasteiger partial charge in [0.15, 0.2) is 22.6 Å². The van der Waals surface area contributed by atoms with Gasteiger partial charge in [-0.1, -0.05) is 5.16 Å². The third-order valence-corrected chi connectivity index (χ3v) is 6.58. The molecule has 19 nitrogen and oxygen atoms in total. The second kappa shape index (κ2) is 10.5. The maximum absolute atomic E-state index is 13.1. The second-order valence-corrected chi connectivity index (χ2v) is 10.4. The van der Waals surface area contributed by atoms with Crippen LogP contribution in [0.15, 0.2) is 16.9 Å². The van der Waals surface area contributed by atoms with Crippen LogP contribution in [-0.2, 0) is 42.6 Å². The molecule has 0 aliphatic carbocycles. The zero-order chi connectivity index (χ0) is 28.4. The molecule has 0 unspecified atom stereocenters. The number of nitrogens with zero attached hydrogens (tertiary/aromatic N) is 6. The molecule has 1 aliphatic heterocycles. The molecule has 1 fully saturated rings. The van der Waals surface area contributed by atoms with Crippen LogP contribution >= 0.6 is 11.3 Å². The highest BCUT2D eigenvalue weighted by atomic mass is 32.2. The predicted molar refractivity (Wildman–Crippen MR) is 129 cm³/mol. The summed E-state index contributed by atoms with van der Waals surface area (Å²) in [6.45, 7) is 2.01. The summed E-state index contributed by atoms with van der Waals surface area (Å²) >= 11 is 0.945. The number of thiazole rings is 1. The van der Waals surface area contributed by atoms with Gasteiger partial charge >= 0.3 is 16.3 Å². The van der Waals surface area contributed by atoms with E-state index < -0.39 is 51.5 Å². The van der Waals surface area contributed by atoms with E-state index in [4.69, 9.17) is 21.7 Å². The first kappa shape index (κ1) is 28.2. The number of carboxylic acid groups (broad SMARTS) is 1. The van der Waals surface area contributed by atoms with Crippen LogP contribution in [-0.4, -0.2) is 89.3 Å². The number of aliphatic carboxylic acids is 1. The van der Waals surface area contributed by atoms with Crippen molar-refractivity contribution in [1.29, 1.82) is 5.41 Å². The molecule has 2 atom stereocenters. The Morgan fingerprint density at radius 2 is 2.08 bits per heavy atom. The number of carbonyl (C=O) groups is 3. The Morgan fingerprint density at radius 3 is 2.63 bits per heavy atom. The fraction of sp³-hybridized carbons (Fsp3) is 0.412. The minimum absolute atomic E-state index is 0.0165. The number of β-lactam (4-membered cyclic amide) rings is 1. The number of carboxylic acids is 1. The van der Waals surface area contributed by atoms with E-state index in [-0.39, 0.29) is 40.0 Å². The molecule has 2 aromatic heterocycles. The van der Waals surface area contributed by atoms with Gasteiger partial charge in [0.1, 0.15) is 18.1 Å². The van der Waals surface area contributed by atoms with E-state index in [1.54, 1.807) is 0 Å². The van der Waals surface area contributed by atoms with E-state index in [1.165, 1.54) is 25.6 Å². The summed E-state index contributed by atoms with van der Waals surface area (Å²) in [7, 11) is -5.01. The molecule has 0 aromatic carbocycles. The fourth-order valence-corrected chi connectivity index (χ4v) is 4.44. The standard InChI is InChI=1S/C17H23N11O8S2/c1-17(2,14(31)32)36-26-10(7-5-37-16(20)23-7)12(29)24-11-8(28(13(11)30)38(33,34)35)4-27-6-22-9(25-27)3-21-15(18)19/h5-6,8,11H,3-4H2,1-2H3,(H2,20,23)(H,24,29)(H,31,32)(H4,18,19,21)(H,33,34,35)/b26-10-/t8-,11+/m1/s1. The topological polar surface area (TPSA) is 294 Å². The van der Waals surface area contributed by atoms with Crippen molar-refractivity contribution in [2.75, 3.05) is 5.73 Å². The summed E-state index contributed by atoms with van der Waals surface area (Å²) in [5, 5.41) is 30.2. The van der Waals surface area contributed by atoms with Crippen LogP contribution < -0.4 is 22.1 Å². The largest absolute Gasteiger partial charge is 0.478 e. The molecule has 38 heavy (non-hydrogen) atoms. The highest BCUT2D eigenvalue weighted by molar-refractivity contribution is 7.84. The van der Waals surface area contributed by atoms with Gasteiger partial charge in [-0.05, 0) is 13.8 Å². The SMILES string of the molecule is CC(C)(O/N=C(\C(=O)N[C@@H]1C(=O)N(S(=O)(=O)O)[C@@H]1Cn1cnc(CNC(=N)N)n1)c1csc(N)n1)C(=O)O. The second-order valence-electron chi connectivity index (χ2n) is 8.20. The number of nitrogens with one attached hydrogen (secondary N) is 3. The maximum atomic E-state index is 13.1.